The molecule has 2 N–H and O–H groups in total. The van der Waals surface area contributed by atoms with Gasteiger partial charge in [0.05, 0.1) is 11.7 Å². The van der Waals surface area contributed by atoms with Crippen LogP contribution in [0.25, 0.3) is 0 Å². The van der Waals surface area contributed by atoms with Gasteiger partial charge in [-0.2, -0.15) is 0 Å². The van der Waals surface area contributed by atoms with Crippen LogP contribution in [0.2, 0.25) is 0 Å². The van der Waals surface area contributed by atoms with Crippen molar-refractivity contribution < 1.29 is 9.18 Å². The maximum Gasteiger partial charge on any atom is 0.237 e. The number of rotatable bonds is 5. The Labute approximate surface area is 142 Å². The number of nitrogens with zero attached hydrogens (tertiary/aromatic N) is 3. The molecule has 2 unspecified atom stereocenters. The van der Waals surface area contributed by atoms with E-state index in [-0.39, 0.29) is 17.8 Å². The molecular weight excluding hydrogens is 309 g/mol. The predicted molar refractivity (Wildman–Crippen MR) is 90.3 cm³/mol. The third kappa shape index (κ3) is 3.83. The van der Waals surface area contributed by atoms with Crippen LogP contribution in [0.4, 0.5) is 10.2 Å². The Kier molecular flexibility index (Phi) is 5.60. The van der Waals surface area contributed by atoms with Crippen LogP contribution < -0.4 is 15.5 Å². The van der Waals surface area contributed by atoms with E-state index in [1.807, 2.05) is 11.8 Å². The minimum absolute atomic E-state index is 0.0453. The van der Waals surface area contributed by atoms with E-state index >= 15 is 0 Å². The zero-order valence-corrected chi connectivity index (χ0v) is 14.2. The molecule has 2 aliphatic rings. The van der Waals surface area contributed by atoms with Gasteiger partial charge in [0, 0.05) is 19.6 Å². The summed E-state index contributed by atoms with van der Waals surface area (Å²) in [5.74, 6) is 0.504. The molecule has 0 spiro atoms. The smallest absolute Gasteiger partial charge is 0.237 e. The van der Waals surface area contributed by atoms with Gasteiger partial charge in [0.25, 0.3) is 0 Å². The van der Waals surface area contributed by atoms with E-state index in [1.165, 1.54) is 6.33 Å². The van der Waals surface area contributed by atoms with E-state index in [4.69, 9.17) is 0 Å². The Balaban J connectivity index is 1.57. The molecule has 132 valence electrons. The molecule has 1 aromatic rings. The number of amides is 1. The van der Waals surface area contributed by atoms with Crippen LogP contribution >= 0.6 is 0 Å². The van der Waals surface area contributed by atoms with Gasteiger partial charge in [0.15, 0.2) is 11.6 Å². The van der Waals surface area contributed by atoms with E-state index in [1.54, 1.807) is 0 Å². The van der Waals surface area contributed by atoms with Gasteiger partial charge in [0.1, 0.15) is 6.33 Å². The Morgan fingerprint density at radius 1 is 1.42 bits per heavy atom. The predicted octanol–water partition coefficient (Wildman–Crippen LogP) is 1.26. The second kappa shape index (κ2) is 7.88. The number of aromatic nitrogens is 2. The van der Waals surface area contributed by atoms with E-state index < -0.39 is 0 Å². The fourth-order valence-electron chi connectivity index (χ4n) is 3.56. The first-order valence-electron chi connectivity index (χ1n) is 8.94. The topological polar surface area (TPSA) is 70.2 Å². The first-order valence-corrected chi connectivity index (χ1v) is 8.94. The molecule has 2 fully saturated rings. The van der Waals surface area contributed by atoms with Crippen molar-refractivity contribution in [1.82, 2.24) is 20.6 Å². The fourth-order valence-corrected chi connectivity index (χ4v) is 3.56. The molecule has 24 heavy (non-hydrogen) atoms. The Morgan fingerprint density at radius 3 is 3.04 bits per heavy atom. The van der Waals surface area contributed by atoms with E-state index in [9.17, 15) is 9.18 Å². The van der Waals surface area contributed by atoms with Gasteiger partial charge >= 0.3 is 0 Å². The molecule has 0 radical (unpaired) electrons. The number of halogens is 1. The van der Waals surface area contributed by atoms with Gasteiger partial charge < -0.3 is 15.5 Å². The van der Waals surface area contributed by atoms with Gasteiger partial charge in [-0.05, 0) is 44.6 Å². The van der Waals surface area contributed by atoms with Crippen LogP contribution in [0.1, 0.15) is 38.3 Å². The molecule has 3 heterocycles. The lowest BCUT2D eigenvalue weighted by Gasteiger charge is -2.34. The monoisotopic (exact) mass is 335 g/mol. The van der Waals surface area contributed by atoms with Crippen LogP contribution in [0.5, 0.6) is 0 Å². The number of aryl methyl sites for hydroxylation is 1. The van der Waals surface area contributed by atoms with Gasteiger partial charge in [-0.25, -0.2) is 14.4 Å². The van der Waals surface area contributed by atoms with E-state index in [0.717, 1.165) is 45.3 Å². The average Bonchev–Trinajstić information content (AvgIpc) is 3.15. The van der Waals surface area contributed by atoms with Gasteiger partial charge in [-0.15, -0.1) is 0 Å². The highest BCUT2D eigenvalue weighted by Crippen LogP contribution is 2.24. The molecule has 1 aromatic heterocycles. The minimum atomic E-state index is -0.306. The number of hydrogen-bond donors (Lipinski definition) is 2. The molecule has 0 saturated carbocycles. The zero-order valence-electron chi connectivity index (χ0n) is 14.2. The van der Waals surface area contributed by atoms with Crippen molar-refractivity contribution in [2.24, 2.45) is 5.92 Å². The number of nitrogens with one attached hydrogen (secondary N) is 2. The highest BCUT2D eigenvalue weighted by molar-refractivity contribution is 5.82. The molecule has 6 nitrogen and oxygen atoms in total. The number of carbonyl (C=O) groups is 1. The standard InChI is InChI=1S/C17H26FN5O/c1-2-13-15(18)16(22-11-21-13)23-8-4-5-12(10-23)9-20-17(24)14-6-3-7-19-14/h11-12,14,19H,2-10H2,1H3,(H,20,24). The summed E-state index contributed by atoms with van der Waals surface area (Å²) in [6, 6.07) is -0.0453. The summed E-state index contributed by atoms with van der Waals surface area (Å²) in [6.45, 7) is 4.96. The molecule has 7 heteroatoms. The summed E-state index contributed by atoms with van der Waals surface area (Å²) in [6.07, 6.45) is 5.99. The van der Waals surface area contributed by atoms with Crippen LogP contribution in [-0.2, 0) is 11.2 Å². The summed E-state index contributed by atoms with van der Waals surface area (Å²) in [5, 5.41) is 6.26. The summed E-state index contributed by atoms with van der Waals surface area (Å²) >= 11 is 0. The number of piperidine rings is 1. The second-order valence-corrected chi connectivity index (χ2v) is 6.66. The summed E-state index contributed by atoms with van der Waals surface area (Å²) in [7, 11) is 0. The molecule has 2 atom stereocenters. The number of carbonyl (C=O) groups excluding carboxylic acids is 1. The summed E-state index contributed by atoms with van der Waals surface area (Å²) in [5.41, 5.74) is 0.461. The van der Waals surface area contributed by atoms with Crippen molar-refractivity contribution in [2.75, 3.05) is 31.1 Å². The largest absolute Gasteiger partial charge is 0.354 e. The third-order valence-corrected chi connectivity index (χ3v) is 4.94. The van der Waals surface area contributed by atoms with Crippen LogP contribution in [0.15, 0.2) is 6.33 Å². The molecular formula is C17H26FN5O. The second-order valence-electron chi connectivity index (χ2n) is 6.66. The number of anilines is 1. The van der Waals surface area contributed by atoms with Crippen LogP contribution in [-0.4, -0.2) is 48.1 Å². The Morgan fingerprint density at radius 2 is 2.29 bits per heavy atom. The lowest BCUT2D eigenvalue weighted by molar-refractivity contribution is -0.122. The maximum atomic E-state index is 14.5. The van der Waals surface area contributed by atoms with Crippen molar-refractivity contribution in [1.29, 1.82) is 0 Å². The third-order valence-electron chi connectivity index (χ3n) is 4.94. The Bertz CT molecular complexity index is 576. The molecule has 3 rings (SSSR count). The molecule has 1 amide bonds. The van der Waals surface area contributed by atoms with Gasteiger partial charge in [-0.3, -0.25) is 4.79 Å². The molecule has 2 saturated heterocycles. The van der Waals surface area contributed by atoms with Crippen molar-refractivity contribution in [3.63, 3.8) is 0 Å². The SMILES string of the molecule is CCc1ncnc(N2CCCC(CNC(=O)C3CCCN3)C2)c1F. The average molecular weight is 335 g/mol. The van der Waals surface area contributed by atoms with Gasteiger partial charge in [0.2, 0.25) is 5.91 Å². The minimum Gasteiger partial charge on any atom is -0.354 e. The van der Waals surface area contributed by atoms with E-state index in [0.29, 0.717) is 30.4 Å². The van der Waals surface area contributed by atoms with Gasteiger partial charge in [-0.1, -0.05) is 6.92 Å². The molecule has 2 aliphatic heterocycles. The Hall–Kier alpha value is -1.76. The quantitative estimate of drug-likeness (QED) is 0.848. The lowest BCUT2D eigenvalue weighted by Crippen LogP contribution is -2.45. The van der Waals surface area contributed by atoms with Crippen LogP contribution in [0, 0.1) is 11.7 Å². The first kappa shape index (κ1) is 17.1. The molecule has 0 aromatic carbocycles. The first-order chi connectivity index (χ1) is 11.7. The highest BCUT2D eigenvalue weighted by atomic mass is 19.1. The van der Waals surface area contributed by atoms with Crippen molar-refractivity contribution in [3.8, 4) is 0 Å². The van der Waals surface area contributed by atoms with Crippen LogP contribution in [0.3, 0.4) is 0 Å². The normalized spacial score (nSPS) is 24.2. The molecule has 0 bridgehead atoms. The number of hydrogen-bond acceptors (Lipinski definition) is 5. The zero-order chi connectivity index (χ0) is 16.9. The van der Waals surface area contributed by atoms with Crippen molar-refractivity contribution in [2.45, 2.75) is 45.1 Å². The molecule has 0 aliphatic carbocycles. The van der Waals surface area contributed by atoms with E-state index in [2.05, 4.69) is 20.6 Å². The highest BCUT2D eigenvalue weighted by Gasteiger charge is 2.26. The van der Waals surface area contributed by atoms with Crippen molar-refractivity contribution in [3.05, 3.63) is 17.8 Å². The summed E-state index contributed by atoms with van der Waals surface area (Å²) in [4.78, 5) is 22.2. The fraction of sp³-hybridized carbons (Fsp3) is 0.706. The summed E-state index contributed by atoms with van der Waals surface area (Å²) < 4.78 is 14.5. The lowest BCUT2D eigenvalue weighted by atomic mass is 9.97. The van der Waals surface area contributed by atoms with Crippen molar-refractivity contribution >= 4 is 11.7 Å². The maximum absolute atomic E-state index is 14.5.